The number of carbonyl (C=O) groups excluding carboxylic acids is 1. The molecule has 2 atom stereocenters. The second kappa shape index (κ2) is 5.56. The zero-order chi connectivity index (χ0) is 14.1. The van der Waals surface area contributed by atoms with Crippen LogP contribution in [0.1, 0.15) is 36.1 Å². The van der Waals surface area contributed by atoms with Crippen molar-refractivity contribution in [2.24, 2.45) is 11.8 Å². The molecule has 1 amide bonds. The Balaban J connectivity index is 1.66. The fourth-order valence-corrected chi connectivity index (χ4v) is 4.22. The van der Waals surface area contributed by atoms with Gasteiger partial charge >= 0.3 is 5.97 Å². The van der Waals surface area contributed by atoms with Crippen LogP contribution >= 0.6 is 11.3 Å². The molecular weight excluding hydrogens is 274 g/mol. The van der Waals surface area contributed by atoms with Crippen LogP contribution in [0.5, 0.6) is 0 Å². The van der Waals surface area contributed by atoms with Gasteiger partial charge in [-0.2, -0.15) is 0 Å². The molecule has 0 bridgehead atoms. The van der Waals surface area contributed by atoms with Gasteiger partial charge in [0, 0.05) is 23.9 Å². The average molecular weight is 293 g/mol. The number of hydrogen-bond acceptors (Lipinski definition) is 3. The summed E-state index contributed by atoms with van der Waals surface area (Å²) in [5.74, 6) is -1.02. The highest BCUT2D eigenvalue weighted by molar-refractivity contribution is 7.10. The molecule has 2 aliphatic rings. The van der Waals surface area contributed by atoms with Crippen molar-refractivity contribution in [2.75, 3.05) is 6.54 Å². The van der Waals surface area contributed by atoms with Crippen LogP contribution in [0.25, 0.3) is 0 Å². The largest absolute Gasteiger partial charge is 0.481 e. The Hall–Kier alpha value is -1.36. The van der Waals surface area contributed by atoms with Gasteiger partial charge in [0.05, 0.1) is 5.92 Å². The summed E-state index contributed by atoms with van der Waals surface area (Å²) in [5, 5.41) is 11.2. The van der Waals surface area contributed by atoms with Crippen molar-refractivity contribution in [1.29, 1.82) is 0 Å². The highest BCUT2D eigenvalue weighted by Gasteiger charge is 2.34. The predicted molar refractivity (Wildman–Crippen MR) is 76.5 cm³/mol. The van der Waals surface area contributed by atoms with Crippen molar-refractivity contribution in [1.82, 2.24) is 4.90 Å². The van der Waals surface area contributed by atoms with E-state index in [4.69, 9.17) is 5.11 Å². The van der Waals surface area contributed by atoms with Crippen molar-refractivity contribution in [2.45, 2.75) is 38.6 Å². The molecule has 1 aromatic heterocycles. The molecular formula is C15H19NO3S. The van der Waals surface area contributed by atoms with Crippen molar-refractivity contribution < 1.29 is 14.7 Å². The third-order valence-electron chi connectivity index (χ3n) is 4.49. The topological polar surface area (TPSA) is 57.6 Å². The normalized spacial score (nSPS) is 26.1. The Kier molecular flexibility index (Phi) is 3.78. The quantitative estimate of drug-likeness (QED) is 0.911. The summed E-state index contributed by atoms with van der Waals surface area (Å²) in [6.45, 7) is 1.48. The van der Waals surface area contributed by atoms with Crippen molar-refractivity contribution in [3.63, 3.8) is 0 Å². The average Bonchev–Trinajstić information content (AvgIpc) is 2.94. The molecule has 2 unspecified atom stereocenters. The van der Waals surface area contributed by atoms with Gasteiger partial charge in [0.15, 0.2) is 0 Å². The molecule has 5 heteroatoms. The van der Waals surface area contributed by atoms with Crippen LogP contribution in [0.3, 0.4) is 0 Å². The Bertz CT molecular complexity index is 525. The molecule has 108 valence electrons. The van der Waals surface area contributed by atoms with Crippen molar-refractivity contribution in [3.8, 4) is 0 Å². The van der Waals surface area contributed by atoms with Crippen LogP contribution in [-0.4, -0.2) is 28.4 Å². The number of nitrogens with zero attached hydrogens (tertiary/aromatic N) is 1. The molecule has 1 saturated carbocycles. The van der Waals surface area contributed by atoms with E-state index < -0.39 is 5.97 Å². The van der Waals surface area contributed by atoms with Crippen LogP contribution in [0.2, 0.25) is 0 Å². The van der Waals surface area contributed by atoms with E-state index in [2.05, 4.69) is 11.4 Å². The van der Waals surface area contributed by atoms with Gasteiger partial charge in [0.2, 0.25) is 5.91 Å². The first-order valence-corrected chi connectivity index (χ1v) is 8.10. The lowest BCUT2D eigenvalue weighted by atomic mass is 9.80. The van der Waals surface area contributed by atoms with Crippen molar-refractivity contribution in [3.05, 3.63) is 21.9 Å². The Morgan fingerprint density at radius 2 is 2.10 bits per heavy atom. The number of hydrogen-bond donors (Lipinski definition) is 1. The van der Waals surface area contributed by atoms with Gasteiger partial charge in [-0.25, -0.2) is 0 Å². The number of thiophene rings is 1. The molecule has 0 radical (unpaired) electrons. The molecule has 1 fully saturated rings. The minimum atomic E-state index is -0.749. The first kappa shape index (κ1) is 13.6. The standard InChI is InChI=1S/C15H19NO3S/c17-14(10-2-1-3-11(8-10)15(18)19)16-6-4-13-12(9-16)5-7-20-13/h5,7,10-11H,1-4,6,8-9H2,(H,18,19). The van der Waals surface area contributed by atoms with E-state index in [9.17, 15) is 9.59 Å². The van der Waals surface area contributed by atoms with Crippen LogP contribution in [0.15, 0.2) is 11.4 Å². The van der Waals surface area contributed by atoms with Crippen LogP contribution in [0, 0.1) is 11.8 Å². The van der Waals surface area contributed by atoms with Gasteiger partial charge in [-0.05, 0) is 42.7 Å². The van der Waals surface area contributed by atoms with E-state index >= 15 is 0 Å². The second-order valence-electron chi connectivity index (χ2n) is 5.78. The summed E-state index contributed by atoms with van der Waals surface area (Å²) in [5.41, 5.74) is 1.26. The lowest BCUT2D eigenvalue weighted by Crippen LogP contribution is -2.41. The zero-order valence-electron chi connectivity index (χ0n) is 11.4. The monoisotopic (exact) mass is 293 g/mol. The number of aliphatic carboxylic acids is 1. The molecule has 1 aliphatic heterocycles. The van der Waals surface area contributed by atoms with Crippen LogP contribution < -0.4 is 0 Å². The Morgan fingerprint density at radius 1 is 1.30 bits per heavy atom. The molecule has 1 aliphatic carbocycles. The fourth-order valence-electron chi connectivity index (χ4n) is 3.33. The van der Waals surface area contributed by atoms with Crippen molar-refractivity contribution >= 4 is 23.2 Å². The SMILES string of the molecule is O=C(O)C1CCCC(C(=O)N2CCc3sccc3C2)C1. The predicted octanol–water partition coefficient (Wildman–Crippen LogP) is 2.52. The third-order valence-corrected chi connectivity index (χ3v) is 5.52. The van der Waals surface area contributed by atoms with Crippen LogP contribution in [-0.2, 0) is 22.6 Å². The number of fused-ring (bicyclic) bond motifs is 1. The van der Waals surface area contributed by atoms with Gasteiger partial charge in [-0.15, -0.1) is 11.3 Å². The first-order chi connectivity index (χ1) is 9.65. The van der Waals surface area contributed by atoms with E-state index in [1.165, 1.54) is 10.4 Å². The lowest BCUT2D eigenvalue weighted by Gasteiger charge is -2.33. The minimum Gasteiger partial charge on any atom is -0.481 e. The summed E-state index contributed by atoms with van der Waals surface area (Å²) in [4.78, 5) is 27.0. The first-order valence-electron chi connectivity index (χ1n) is 7.22. The van der Waals surface area contributed by atoms with Gasteiger partial charge in [0.25, 0.3) is 0 Å². The Labute approximate surface area is 122 Å². The highest BCUT2D eigenvalue weighted by Crippen LogP contribution is 2.32. The Morgan fingerprint density at radius 3 is 2.90 bits per heavy atom. The number of carboxylic acids is 1. The maximum Gasteiger partial charge on any atom is 0.306 e. The molecule has 0 aromatic carbocycles. The molecule has 0 saturated heterocycles. The third kappa shape index (κ3) is 2.59. The second-order valence-corrected chi connectivity index (χ2v) is 6.78. The fraction of sp³-hybridized carbons (Fsp3) is 0.600. The van der Waals surface area contributed by atoms with E-state index in [1.807, 2.05) is 4.90 Å². The highest BCUT2D eigenvalue weighted by atomic mass is 32.1. The van der Waals surface area contributed by atoms with Gasteiger partial charge in [0.1, 0.15) is 0 Å². The zero-order valence-corrected chi connectivity index (χ0v) is 12.2. The summed E-state index contributed by atoms with van der Waals surface area (Å²) in [6, 6.07) is 2.10. The summed E-state index contributed by atoms with van der Waals surface area (Å²) in [6.07, 6.45) is 3.86. The van der Waals surface area contributed by atoms with Crippen LogP contribution in [0.4, 0.5) is 0 Å². The minimum absolute atomic E-state index is 0.0926. The number of carbonyl (C=O) groups is 2. The van der Waals surface area contributed by atoms with Gasteiger partial charge < -0.3 is 10.0 Å². The molecule has 1 aromatic rings. The molecule has 2 heterocycles. The van der Waals surface area contributed by atoms with Gasteiger partial charge in [-0.3, -0.25) is 9.59 Å². The number of amides is 1. The number of carboxylic acid groups (broad SMARTS) is 1. The lowest BCUT2D eigenvalue weighted by molar-refractivity contribution is -0.145. The molecule has 4 nitrogen and oxygen atoms in total. The smallest absolute Gasteiger partial charge is 0.306 e. The van der Waals surface area contributed by atoms with Gasteiger partial charge in [-0.1, -0.05) is 6.42 Å². The maximum absolute atomic E-state index is 12.6. The summed E-state index contributed by atoms with van der Waals surface area (Å²) >= 11 is 1.76. The molecule has 1 N–H and O–H groups in total. The summed E-state index contributed by atoms with van der Waals surface area (Å²) < 4.78 is 0. The van der Waals surface area contributed by atoms with E-state index in [0.29, 0.717) is 19.4 Å². The molecule has 0 spiro atoms. The number of rotatable bonds is 2. The maximum atomic E-state index is 12.6. The summed E-state index contributed by atoms with van der Waals surface area (Å²) in [7, 11) is 0. The molecule has 3 rings (SSSR count). The van der Waals surface area contributed by atoms with E-state index in [1.54, 1.807) is 11.3 Å². The van der Waals surface area contributed by atoms with E-state index in [-0.39, 0.29) is 17.7 Å². The molecule has 20 heavy (non-hydrogen) atoms. The van der Waals surface area contributed by atoms with E-state index in [0.717, 1.165) is 25.8 Å².